The van der Waals surface area contributed by atoms with Crippen LogP contribution in [0, 0.1) is 12.8 Å². The first kappa shape index (κ1) is 26.3. The molecule has 0 spiro atoms. The first-order valence-electron chi connectivity index (χ1n) is 12.8. The van der Waals surface area contributed by atoms with Crippen molar-refractivity contribution in [1.82, 2.24) is 10.3 Å². The average Bonchev–Trinajstić information content (AvgIpc) is 2.89. The number of esters is 1. The molecule has 1 atom stereocenters. The Kier molecular flexibility index (Phi) is 8.18. The number of nitrogens with zero attached hydrogens (tertiary/aromatic N) is 2. The van der Waals surface area contributed by atoms with Gasteiger partial charge in [0.25, 0.3) is 0 Å². The third kappa shape index (κ3) is 5.80. The van der Waals surface area contributed by atoms with Crippen molar-refractivity contribution < 1.29 is 24.1 Å². The van der Waals surface area contributed by atoms with E-state index in [0.717, 1.165) is 38.6 Å². The van der Waals surface area contributed by atoms with Gasteiger partial charge in [0.05, 0.1) is 19.0 Å². The van der Waals surface area contributed by atoms with Crippen LogP contribution < -0.4 is 16.0 Å². The number of rotatable bonds is 9. The summed E-state index contributed by atoms with van der Waals surface area (Å²) in [6, 6.07) is 13.5. The number of aromatic nitrogens is 1. The quantitative estimate of drug-likeness (QED) is 0.119. The van der Waals surface area contributed by atoms with E-state index < -0.39 is 12.0 Å². The van der Waals surface area contributed by atoms with Crippen molar-refractivity contribution in [3.63, 3.8) is 0 Å². The topological polar surface area (TPSA) is 110 Å². The molecular formula is C29H35N4O4+. The number of carbonyl (C=O) groups excluding carboxylic acids is 2. The molecule has 0 saturated carbocycles. The van der Waals surface area contributed by atoms with Gasteiger partial charge in [-0.2, -0.15) is 0 Å². The predicted octanol–water partition coefficient (Wildman–Crippen LogP) is 3.60. The normalized spacial score (nSPS) is 13.0. The molecule has 1 amide bonds. The van der Waals surface area contributed by atoms with Gasteiger partial charge in [0.2, 0.25) is 5.91 Å². The fourth-order valence-electron chi connectivity index (χ4n) is 4.52. The van der Waals surface area contributed by atoms with Gasteiger partial charge in [0.15, 0.2) is 11.3 Å². The van der Waals surface area contributed by atoms with Crippen molar-refractivity contribution in [3.8, 4) is 11.5 Å². The molecule has 3 N–H and O–H groups in total. The number of amides is 1. The van der Waals surface area contributed by atoms with Crippen LogP contribution in [0.2, 0.25) is 0 Å². The van der Waals surface area contributed by atoms with E-state index in [1.54, 1.807) is 0 Å². The zero-order chi connectivity index (χ0) is 26.5. The van der Waals surface area contributed by atoms with E-state index in [-0.39, 0.29) is 11.8 Å². The first-order valence-corrected chi connectivity index (χ1v) is 12.8. The number of hydrogen-bond acceptors (Lipinski definition) is 6. The molecule has 0 saturated heterocycles. The molecule has 8 heteroatoms. The van der Waals surface area contributed by atoms with E-state index in [4.69, 9.17) is 14.1 Å². The lowest BCUT2D eigenvalue weighted by Gasteiger charge is -2.19. The van der Waals surface area contributed by atoms with Gasteiger partial charge >= 0.3 is 5.97 Å². The molecular weight excluding hydrogens is 468 g/mol. The zero-order valence-corrected chi connectivity index (χ0v) is 22.1. The van der Waals surface area contributed by atoms with Gasteiger partial charge in [0.1, 0.15) is 22.9 Å². The van der Waals surface area contributed by atoms with E-state index in [9.17, 15) is 9.59 Å². The lowest BCUT2D eigenvalue weighted by molar-refractivity contribution is -0.570. The number of aryl methyl sites for hydroxylation is 1. The third-order valence-electron chi connectivity index (χ3n) is 6.48. The van der Waals surface area contributed by atoms with Crippen LogP contribution in [0.5, 0.6) is 0 Å². The highest BCUT2D eigenvalue weighted by Gasteiger charge is 2.24. The Balaban J connectivity index is 1.56. The van der Waals surface area contributed by atoms with Gasteiger partial charge in [-0.1, -0.05) is 32.0 Å². The monoisotopic (exact) mass is 503 g/mol. The van der Waals surface area contributed by atoms with Gasteiger partial charge in [-0.25, -0.2) is 9.78 Å². The summed E-state index contributed by atoms with van der Waals surface area (Å²) in [5, 5.41) is 7.94. The number of methoxy groups -OCH3 is 1. The molecule has 2 aliphatic rings. The molecule has 37 heavy (non-hydrogen) atoms. The van der Waals surface area contributed by atoms with Gasteiger partial charge in [-0.3, -0.25) is 9.79 Å². The van der Waals surface area contributed by atoms with Crippen molar-refractivity contribution in [3.05, 3.63) is 53.4 Å². The van der Waals surface area contributed by atoms with Crippen molar-refractivity contribution in [2.75, 3.05) is 20.2 Å². The number of carbonyl (C=O) groups is 2. The maximum Gasteiger partial charge on any atom is 0.328 e. The van der Waals surface area contributed by atoms with Gasteiger partial charge in [-0.15, -0.1) is 0 Å². The lowest BCUT2D eigenvalue weighted by Crippen LogP contribution is -2.78. The SMILES string of the molecule is CCN=c1cc2oc3cc([NH2+]CCCC(=O)NC(C(=O)OC)C(C)C)c4ccccc4c3nc-2cc1C. The van der Waals surface area contributed by atoms with Crippen LogP contribution in [0.1, 0.15) is 39.2 Å². The van der Waals surface area contributed by atoms with Gasteiger partial charge in [0, 0.05) is 42.3 Å². The molecule has 0 radical (unpaired) electrons. The molecule has 1 aliphatic carbocycles. The summed E-state index contributed by atoms with van der Waals surface area (Å²) < 4.78 is 11.1. The second-order valence-corrected chi connectivity index (χ2v) is 9.56. The Morgan fingerprint density at radius 1 is 1.16 bits per heavy atom. The van der Waals surface area contributed by atoms with Crippen molar-refractivity contribution >= 4 is 39.4 Å². The highest BCUT2D eigenvalue weighted by molar-refractivity contribution is 6.08. The molecule has 2 aromatic rings. The molecule has 2 aromatic carbocycles. The number of ether oxygens (including phenoxy) is 1. The van der Waals surface area contributed by atoms with Crippen LogP contribution in [0.25, 0.3) is 33.3 Å². The third-order valence-corrected chi connectivity index (χ3v) is 6.48. The van der Waals surface area contributed by atoms with E-state index in [1.807, 2.05) is 58.0 Å². The lowest BCUT2D eigenvalue weighted by atomic mass is 10.0. The van der Waals surface area contributed by atoms with Crippen LogP contribution in [0.4, 0.5) is 5.69 Å². The van der Waals surface area contributed by atoms with Crippen LogP contribution in [-0.4, -0.2) is 43.1 Å². The van der Waals surface area contributed by atoms with Crippen LogP contribution >= 0.6 is 0 Å². The summed E-state index contributed by atoms with van der Waals surface area (Å²) in [6.07, 6.45) is 0.973. The highest BCUT2D eigenvalue weighted by Crippen LogP contribution is 2.32. The molecule has 1 heterocycles. The molecule has 4 rings (SSSR count). The number of quaternary nitrogens is 1. The van der Waals surface area contributed by atoms with Crippen LogP contribution in [-0.2, 0) is 14.3 Å². The summed E-state index contributed by atoms with van der Waals surface area (Å²) in [5.41, 5.74) is 4.44. The molecule has 0 fully saturated rings. The van der Waals surface area contributed by atoms with Crippen LogP contribution in [0.3, 0.4) is 0 Å². The standard InChI is InChI=1S/C29H34N4O4/c1-6-30-21-15-24-23(14-18(21)4)32-28-20-11-8-7-10-19(20)22(16-25(28)37-24)31-13-9-12-26(34)33-27(17(2)3)29(35)36-5/h7-8,10-11,14-17,27,31H,6,9,12-13H2,1-5H3,(H,33,34)/p+1. The average molecular weight is 504 g/mol. The van der Waals surface area contributed by atoms with Crippen molar-refractivity contribution in [2.24, 2.45) is 10.9 Å². The number of hydrogen-bond donors (Lipinski definition) is 2. The summed E-state index contributed by atoms with van der Waals surface area (Å²) in [5.74, 6) is 0.0766. The molecule has 0 aromatic heterocycles. The van der Waals surface area contributed by atoms with Crippen molar-refractivity contribution in [1.29, 1.82) is 0 Å². The van der Waals surface area contributed by atoms with Gasteiger partial charge in [-0.05, 0) is 37.5 Å². The number of nitrogens with one attached hydrogen (secondary N) is 1. The zero-order valence-electron chi connectivity index (χ0n) is 22.1. The van der Waals surface area contributed by atoms with E-state index in [1.165, 1.54) is 7.11 Å². The van der Waals surface area contributed by atoms with Crippen molar-refractivity contribution in [2.45, 2.75) is 46.6 Å². The fraction of sp³-hybridized carbons (Fsp3) is 0.379. The summed E-state index contributed by atoms with van der Waals surface area (Å²) >= 11 is 0. The number of fused-ring (bicyclic) bond motifs is 4. The first-order chi connectivity index (χ1) is 17.8. The maximum atomic E-state index is 12.4. The minimum absolute atomic E-state index is 0.0454. The molecule has 1 aliphatic heterocycles. The summed E-state index contributed by atoms with van der Waals surface area (Å²) in [7, 11) is 1.33. The predicted molar refractivity (Wildman–Crippen MR) is 143 cm³/mol. The molecule has 0 bridgehead atoms. The van der Waals surface area contributed by atoms with Gasteiger partial charge < -0.3 is 19.8 Å². The summed E-state index contributed by atoms with van der Waals surface area (Å²) in [6.45, 7) is 9.21. The minimum atomic E-state index is -0.635. The maximum absolute atomic E-state index is 12.4. The smallest absolute Gasteiger partial charge is 0.328 e. The number of nitrogens with two attached hydrogens (primary N) is 1. The number of benzene rings is 3. The second-order valence-electron chi connectivity index (χ2n) is 9.56. The molecule has 194 valence electrons. The van der Waals surface area contributed by atoms with Crippen LogP contribution in [0.15, 0.2) is 51.9 Å². The Morgan fingerprint density at radius 2 is 1.92 bits per heavy atom. The van der Waals surface area contributed by atoms with E-state index in [2.05, 4.69) is 27.8 Å². The molecule has 1 unspecified atom stereocenters. The second kappa shape index (κ2) is 11.5. The summed E-state index contributed by atoms with van der Waals surface area (Å²) in [4.78, 5) is 33.9. The molecule has 8 nitrogen and oxygen atoms in total. The Hall–Kier alpha value is -3.78. The Labute approximate surface area is 216 Å². The Bertz CT molecular complexity index is 1470. The highest BCUT2D eigenvalue weighted by atomic mass is 16.5. The minimum Gasteiger partial charge on any atom is -0.467 e. The Morgan fingerprint density at radius 3 is 2.62 bits per heavy atom. The van der Waals surface area contributed by atoms with E-state index >= 15 is 0 Å². The van der Waals surface area contributed by atoms with E-state index in [0.29, 0.717) is 37.3 Å². The fourth-order valence-corrected chi connectivity index (χ4v) is 4.52. The largest absolute Gasteiger partial charge is 0.467 e.